The van der Waals surface area contributed by atoms with E-state index in [4.69, 9.17) is 4.42 Å². The van der Waals surface area contributed by atoms with Gasteiger partial charge in [0.15, 0.2) is 0 Å². The van der Waals surface area contributed by atoms with Gasteiger partial charge in [-0.25, -0.2) is 8.42 Å². The quantitative estimate of drug-likeness (QED) is 0.658. The molecule has 27 heavy (non-hydrogen) atoms. The third-order valence-electron chi connectivity index (χ3n) is 5.13. The van der Waals surface area contributed by atoms with Crippen molar-refractivity contribution in [2.75, 3.05) is 13.1 Å². The van der Waals surface area contributed by atoms with Gasteiger partial charge in [-0.1, -0.05) is 6.07 Å². The second-order valence-electron chi connectivity index (χ2n) is 6.88. The molecule has 0 radical (unpaired) electrons. The minimum atomic E-state index is -3.47. The number of sulfonamides is 1. The van der Waals surface area contributed by atoms with Crippen LogP contribution >= 0.6 is 11.3 Å². The lowest BCUT2D eigenvalue weighted by atomic mass is 9.98. The van der Waals surface area contributed by atoms with Crippen molar-refractivity contribution in [2.24, 2.45) is 0 Å². The number of rotatable bonds is 4. The van der Waals surface area contributed by atoms with E-state index in [9.17, 15) is 8.42 Å². The minimum absolute atomic E-state index is 0.0936. The first-order valence-electron chi connectivity index (χ1n) is 8.88. The lowest BCUT2D eigenvalue weighted by molar-refractivity contribution is 0.291. The van der Waals surface area contributed by atoms with Crippen LogP contribution in [0.2, 0.25) is 0 Å². The Morgan fingerprint density at radius 2 is 1.89 bits per heavy atom. The van der Waals surface area contributed by atoms with E-state index in [1.165, 1.54) is 0 Å². The van der Waals surface area contributed by atoms with Gasteiger partial charge in [0.05, 0.1) is 4.90 Å². The highest BCUT2D eigenvalue weighted by Gasteiger charge is 2.32. The Balaban J connectivity index is 1.46. The molecule has 8 heteroatoms. The fourth-order valence-electron chi connectivity index (χ4n) is 3.27. The van der Waals surface area contributed by atoms with Crippen molar-refractivity contribution >= 4 is 21.4 Å². The van der Waals surface area contributed by atoms with Crippen LogP contribution in [-0.2, 0) is 10.0 Å². The maximum Gasteiger partial charge on any atom is 0.248 e. The molecule has 3 aromatic rings. The van der Waals surface area contributed by atoms with Gasteiger partial charge in [0.2, 0.25) is 21.8 Å². The number of aromatic nitrogens is 2. The molecule has 1 saturated heterocycles. The molecule has 0 bridgehead atoms. The Morgan fingerprint density at radius 1 is 1.11 bits per heavy atom. The van der Waals surface area contributed by atoms with Gasteiger partial charge in [-0.15, -0.1) is 10.2 Å². The Hall–Kier alpha value is -2.03. The molecule has 6 nitrogen and oxygen atoms in total. The molecule has 3 heterocycles. The summed E-state index contributed by atoms with van der Waals surface area (Å²) in [5, 5.41) is 12.2. The molecule has 0 amide bonds. The monoisotopic (exact) mass is 403 g/mol. The first-order valence-corrected chi connectivity index (χ1v) is 11.3. The van der Waals surface area contributed by atoms with Crippen LogP contribution in [-0.4, -0.2) is 36.0 Å². The van der Waals surface area contributed by atoms with Gasteiger partial charge in [0, 0.05) is 30.0 Å². The zero-order valence-electron chi connectivity index (χ0n) is 15.3. The van der Waals surface area contributed by atoms with Gasteiger partial charge < -0.3 is 4.42 Å². The summed E-state index contributed by atoms with van der Waals surface area (Å²) < 4.78 is 33.2. The fourth-order valence-corrected chi connectivity index (χ4v) is 5.45. The number of nitrogens with zero attached hydrogens (tertiary/aromatic N) is 3. The van der Waals surface area contributed by atoms with E-state index in [0.717, 1.165) is 16.7 Å². The van der Waals surface area contributed by atoms with E-state index < -0.39 is 10.0 Å². The second kappa shape index (κ2) is 7.18. The van der Waals surface area contributed by atoms with Crippen LogP contribution in [0.5, 0.6) is 0 Å². The molecule has 4 rings (SSSR count). The van der Waals surface area contributed by atoms with Gasteiger partial charge in [0.25, 0.3) is 0 Å². The van der Waals surface area contributed by atoms with Gasteiger partial charge in [-0.05, 0) is 61.4 Å². The molecule has 0 atom stereocenters. The van der Waals surface area contributed by atoms with E-state index in [1.807, 2.05) is 36.7 Å². The van der Waals surface area contributed by atoms with Crippen molar-refractivity contribution in [3.05, 3.63) is 52.0 Å². The summed E-state index contributed by atoms with van der Waals surface area (Å²) in [7, 11) is -3.47. The van der Waals surface area contributed by atoms with Crippen molar-refractivity contribution < 1.29 is 12.8 Å². The van der Waals surface area contributed by atoms with Gasteiger partial charge in [0.1, 0.15) is 0 Å². The van der Waals surface area contributed by atoms with Crippen LogP contribution in [0.15, 0.2) is 44.3 Å². The molecule has 0 N–H and O–H groups in total. The predicted octanol–water partition coefficient (Wildman–Crippen LogP) is 3.98. The Morgan fingerprint density at radius 3 is 2.56 bits per heavy atom. The number of benzene rings is 1. The second-order valence-corrected chi connectivity index (χ2v) is 9.60. The van der Waals surface area contributed by atoms with Crippen LogP contribution < -0.4 is 0 Å². The third kappa shape index (κ3) is 3.56. The third-order valence-corrected chi connectivity index (χ3v) is 7.71. The van der Waals surface area contributed by atoms with Crippen LogP contribution in [0.1, 0.15) is 35.8 Å². The molecule has 2 aromatic heterocycles. The summed E-state index contributed by atoms with van der Waals surface area (Å²) in [5.74, 6) is 1.21. The standard InChI is InChI=1S/C19H21N3O3S2/c1-13-3-4-17(11-14(13)2)27(23,24)22-8-5-15(6-9-22)18-20-21-19(25-18)16-7-10-26-12-16/h3-4,7,10-12,15H,5-6,8-9H2,1-2H3. The minimum Gasteiger partial charge on any atom is -0.420 e. The lowest BCUT2D eigenvalue weighted by Crippen LogP contribution is -2.38. The summed E-state index contributed by atoms with van der Waals surface area (Å²) >= 11 is 1.58. The van der Waals surface area contributed by atoms with Crippen molar-refractivity contribution in [2.45, 2.75) is 37.5 Å². The van der Waals surface area contributed by atoms with E-state index in [-0.39, 0.29) is 5.92 Å². The molecule has 0 aliphatic carbocycles. The van der Waals surface area contributed by atoms with E-state index in [0.29, 0.717) is 42.6 Å². The number of aryl methyl sites for hydroxylation is 2. The predicted molar refractivity (Wildman–Crippen MR) is 104 cm³/mol. The maximum absolute atomic E-state index is 12.9. The molecule has 0 spiro atoms. The summed E-state index contributed by atoms with van der Waals surface area (Å²) in [4.78, 5) is 0.363. The lowest BCUT2D eigenvalue weighted by Gasteiger charge is -2.29. The Bertz CT molecular complexity index is 1030. The molecule has 0 unspecified atom stereocenters. The van der Waals surface area contributed by atoms with Crippen LogP contribution in [0, 0.1) is 13.8 Å². The fraction of sp³-hybridized carbons (Fsp3) is 0.368. The van der Waals surface area contributed by atoms with E-state index >= 15 is 0 Å². The molecule has 1 aliphatic rings. The van der Waals surface area contributed by atoms with Crippen molar-refractivity contribution in [1.82, 2.24) is 14.5 Å². The molecular weight excluding hydrogens is 382 g/mol. The highest BCUT2D eigenvalue weighted by Crippen LogP contribution is 2.32. The number of hydrogen-bond donors (Lipinski definition) is 0. The van der Waals surface area contributed by atoms with Crippen molar-refractivity contribution in [3.8, 4) is 11.5 Å². The highest BCUT2D eigenvalue weighted by molar-refractivity contribution is 7.89. The Labute approximate surface area is 162 Å². The van der Waals surface area contributed by atoms with Gasteiger partial charge >= 0.3 is 0 Å². The molecule has 1 aliphatic heterocycles. The molecule has 0 saturated carbocycles. The first kappa shape index (κ1) is 18.3. The number of piperidine rings is 1. The molecule has 1 aromatic carbocycles. The van der Waals surface area contributed by atoms with Crippen molar-refractivity contribution in [3.63, 3.8) is 0 Å². The molecular formula is C19H21N3O3S2. The zero-order valence-corrected chi connectivity index (χ0v) is 16.9. The average Bonchev–Trinajstić information content (AvgIpc) is 3.35. The van der Waals surface area contributed by atoms with E-state index in [1.54, 1.807) is 27.8 Å². The largest absolute Gasteiger partial charge is 0.420 e. The van der Waals surface area contributed by atoms with E-state index in [2.05, 4.69) is 10.2 Å². The molecule has 1 fully saturated rings. The zero-order chi connectivity index (χ0) is 19.0. The van der Waals surface area contributed by atoms with Crippen molar-refractivity contribution in [1.29, 1.82) is 0 Å². The van der Waals surface area contributed by atoms with Crippen LogP contribution in [0.3, 0.4) is 0 Å². The van der Waals surface area contributed by atoms with Crippen LogP contribution in [0.25, 0.3) is 11.5 Å². The summed E-state index contributed by atoms with van der Waals surface area (Å²) in [5.41, 5.74) is 3.00. The van der Waals surface area contributed by atoms with Crippen LogP contribution in [0.4, 0.5) is 0 Å². The summed E-state index contributed by atoms with van der Waals surface area (Å²) in [6.45, 7) is 4.82. The normalized spacial score (nSPS) is 16.7. The highest BCUT2D eigenvalue weighted by atomic mass is 32.2. The maximum atomic E-state index is 12.9. The first-order chi connectivity index (χ1) is 12.9. The Kier molecular flexibility index (Phi) is 4.88. The molecule has 142 valence electrons. The topological polar surface area (TPSA) is 76.3 Å². The van der Waals surface area contributed by atoms with Gasteiger partial charge in [-0.3, -0.25) is 0 Å². The SMILES string of the molecule is Cc1ccc(S(=O)(=O)N2CCC(c3nnc(-c4ccsc4)o3)CC2)cc1C. The average molecular weight is 404 g/mol. The summed E-state index contributed by atoms with van der Waals surface area (Å²) in [6, 6.07) is 7.25. The number of thiophene rings is 1. The summed E-state index contributed by atoms with van der Waals surface area (Å²) in [6.07, 6.45) is 1.35. The number of hydrogen-bond acceptors (Lipinski definition) is 6. The van der Waals surface area contributed by atoms with Gasteiger partial charge in [-0.2, -0.15) is 15.6 Å². The smallest absolute Gasteiger partial charge is 0.248 e.